The Morgan fingerprint density at radius 3 is 2.60 bits per heavy atom. The quantitative estimate of drug-likeness (QED) is 0.163. The molecule has 2 fully saturated rings. The molecule has 3 rings (SSSR count). The second kappa shape index (κ2) is 13.3. The molecule has 0 saturated carbocycles. The number of unbranched alkanes of at least 4 members (excludes halogenated alkanes) is 2. The first kappa shape index (κ1) is 26.8. The van der Waals surface area contributed by atoms with E-state index in [4.69, 9.17) is 0 Å². The Balaban J connectivity index is 1.22. The minimum Gasteiger partial charge on any atom is -0.481 e. The number of nitrogens with one attached hydrogen (secondary N) is 4. The summed E-state index contributed by atoms with van der Waals surface area (Å²) in [5.74, 6) is -0.974. The highest BCUT2D eigenvalue weighted by atomic mass is 32.2. The number of carbonyl (C=O) groups excluding carboxylic acids is 3. The third kappa shape index (κ3) is 8.43. The van der Waals surface area contributed by atoms with Crippen LogP contribution >= 0.6 is 11.8 Å². The molecule has 2 saturated heterocycles. The minimum atomic E-state index is -0.942. The predicted molar refractivity (Wildman–Crippen MR) is 133 cm³/mol. The van der Waals surface area contributed by atoms with Crippen LogP contribution in [0.4, 0.5) is 10.5 Å². The van der Waals surface area contributed by atoms with Crippen molar-refractivity contribution in [2.45, 2.75) is 62.3 Å². The van der Waals surface area contributed by atoms with Gasteiger partial charge in [0.15, 0.2) is 0 Å². The molecule has 0 bridgehead atoms. The molecule has 0 aromatic heterocycles. The van der Waals surface area contributed by atoms with Gasteiger partial charge >= 0.3 is 12.0 Å². The summed E-state index contributed by atoms with van der Waals surface area (Å²) in [5, 5.41) is 21.4. The Bertz CT molecular complexity index is 897. The minimum absolute atomic E-state index is 0.00753. The van der Waals surface area contributed by atoms with Crippen LogP contribution in [0, 0.1) is 5.92 Å². The first-order valence-corrected chi connectivity index (χ1v) is 13.3. The van der Waals surface area contributed by atoms with Crippen LogP contribution in [-0.4, -0.2) is 65.1 Å². The Labute approximate surface area is 209 Å². The van der Waals surface area contributed by atoms with Crippen molar-refractivity contribution in [2.24, 2.45) is 5.92 Å². The van der Waals surface area contributed by atoms with Crippen molar-refractivity contribution in [3.8, 4) is 0 Å². The van der Waals surface area contributed by atoms with Crippen LogP contribution in [0.3, 0.4) is 0 Å². The summed E-state index contributed by atoms with van der Waals surface area (Å²) in [6, 6.07) is 7.12. The van der Waals surface area contributed by atoms with E-state index in [-0.39, 0.29) is 36.5 Å². The lowest BCUT2D eigenvalue weighted by Crippen LogP contribution is -2.40. The number of benzene rings is 1. The lowest BCUT2D eigenvalue weighted by molar-refractivity contribution is -0.254. The molecule has 2 aliphatic rings. The molecule has 0 radical (unpaired) electrons. The topological polar surface area (TPSA) is 164 Å². The number of quaternary nitrogens is 1. The number of fused-ring (bicyclic) bond motifs is 1. The highest BCUT2D eigenvalue weighted by Crippen LogP contribution is 2.33. The molecule has 4 atom stereocenters. The van der Waals surface area contributed by atoms with Gasteiger partial charge in [0.05, 0.1) is 18.0 Å². The number of hydrogen-bond acceptors (Lipinski definition) is 5. The number of thioether (sulfide) groups is 1. The highest BCUT2D eigenvalue weighted by Gasteiger charge is 2.42. The van der Waals surface area contributed by atoms with Crippen molar-refractivity contribution in [3.05, 3.63) is 29.8 Å². The maximum Gasteiger partial charge on any atom is 0.315 e. The van der Waals surface area contributed by atoms with Crippen LogP contribution in [-0.2, 0) is 9.59 Å². The lowest BCUT2D eigenvalue weighted by atomic mass is 10.0. The van der Waals surface area contributed by atoms with Crippen molar-refractivity contribution >= 4 is 41.3 Å². The fraction of sp³-hybridized carbons (Fsp3) is 0.583. The van der Waals surface area contributed by atoms with E-state index in [1.54, 1.807) is 24.3 Å². The number of carbonyl (C=O) groups is 4. The van der Waals surface area contributed by atoms with E-state index in [2.05, 4.69) is 27.0 Å². The molecule has 1 aromatic carbocycles. The first-order valence-electron chi connectivity index (χ1n) is 12.2. The van der Waals surface area contributed by atoms with Crippen LogP contribution in [0.5, 0.6) is 0 Å². The Morgan fingerprint density at radius 2 is 1.86 bits per heavy atom. The number of amides is 4. The van der Waals surface area contributed by atoms with Crippen LogP contribution < -0.4 is 27.0 Å². The molecule has 2 heterocycles. The Hall–Kier alpha value is -2.79. The second-order valence-corrected chi connectivity index (χ2v) is 10.4. The zero-order valence-electron chi connectivity index (χ0n) is 19.9. The van der Waals surface area contributed by atoms with Crippen LogP contribution in [0.2, 0.25) is 0 Å². The summed E-state index contributed by atoms with van der Waals surface area (Å²) < 4.78 is 0. The molecule has 192 valence electrons. The molecular formula is C24H36N5O5S+. The summed E-state index contributed by atoms with van der Waals surface area (Å²) in [4.78, 5) is 47.2. The maximum absolute atomic E-state index is 12.2. The average molecular weight is 507 g/mol. The van der Waals surface area contributed by atoms with Crippen molar-refractivity contribution in [1.82, 2.24) is 21.3 Å². The molecule has 8 N–H and O–H groups in total. The van der Waals surface area contributed by atoms with Crippen LogP contribution in [0.25, 0.3) is 0 Å². The average Bonchev–Trinajstić information content (AvgIpc) is 3.37. The van der Waals surface area contributed by atoms with Gasteiger partial charge in [-0.2, -0.15) is 11.8 Å². The number of urea groups is 1. The van der Waals surface area contributed by atoms with Crippen LogP contribution in [0.1, 0.15) is 55.3 Å². The lowest BCUT2D eigenvalue weighted by Gasteiger charge is -2.16. The Morgan fingerprint density at radius 1 is 1.09 bits per heavy atom. The van der Waals surface area contributed by atoms with Crippen molar-refractivity contribution in [3.63, 3.8) is 0 Å². The summed E-state index contributed by atoms with van der Waals surface area (Å²) >= 11 is 1.88. The van der Waals surface area contributed by atoms with Gasteiger partial charge in [0.25, 0.3) is 5.91 Å². The van der Waals surface area contributed by atoms with Gasteiger partial charge in [-0.1, -0.05) is 12.8 Å². The number of carboxylic acid groups (broad SMARTS) is 1. The van der Waals surface area contributed by atoms with Gasteiger partial charge < -0.3 is 32.1 Å². The van der Waals surface area contributed by atoms with Gasteiger partial charge in [-0.3, -0.25) is 14.4 Å². The maximum atomic E-state index is 12.2. The summed E-state index contributed by atoms with van der Waals surface area (Å²) in [6.45, 7) is 0.572. The largest absolute Gasteiger partial charge is 0.481 e. The van der Waals surface area contributed by atoms with Gasteiger partial charge in [0, 0.05) is 36.1 Å². The van der Waals surface area contributed by atoms with E-state index in [1.165, 1.54) is 0 Å². The molecule has 2 unspecified atom stereocenters. The van der Waals surface area contributed by atoms with Crippen molar-refractivity contribution in [1.29, 1.82) is 0 Å². The van der Waals surface area contributed by atoms with E-state index in [1.807, 2.05) is 11.8 Å². The molecule has 0 aliphatic carbocycles. The molecule has 35 heavy (non-hydrogen) atoms. The van der Waals surface area contributed by atoms with E-state index in [0.717, 1.165) is 30.7 Å². The fourth-order valence-corrected chi connectivity index (χ4v) is 5.94. The molecule has 4 amide bonds. The van der Waals surface area contributed by atoms with Gasteiger partial charge in [-0.25, -0.2) is 4.79 Å². The second-order valence-electron chi connectivity index (χ2n) is 9.16. The molecule has 2 aliphatic heterocycles. The predicted octanol–water partition coefficient (Wildman–Crippen LogP) is 1.00. The number of aliphatic carboxylic acids is 1. The first-order chi connectivity index (χ1) is 16.8. The third-order valence-electron chi connectivity index (χ3n) is 6.46. The number of rotatable bonds is 14. The van der Waals surface area contributed by atoms with Gasteiger partial charge in [-0.15, -0.1) is 0 Å². The number of hydrogen-bond donors (Lipinski definition) is 6. The number of carboxylic acids is 1. The summed E-state index contributed by atoms with van der Waals surface area (Å²) in [6.07, 6.45) is 4.95. The third-order valence-corrected chi connectivity index (χ3v) is 7.97. The van der Waals surface area contributed by atoms with E-state index < -0.39 is 11.9 Å². The van der Waals surface area contributed by atoms with Crippen LogP contribution in [0.15, 0.2) is 24.3 Å². The molecule has 0 spiro atoms. The van der Waals surface area contributed by atoms with E-state index in [0.29, 0.717) is 43.0 Å². The van der Waals surface area contributed by atoms with Gasteiger partial charge in [-0.05, 0) is 49.9 Å². The summed E-state index contributed by atoms with van der Waals surface area (Å²) in [7, 11) is 0. The monoisotopic (exact) mass is 506 g/mol. The van der Waals surface area contributed by atoms with Crippen molar-refractivity contribution < 1.29 is 30.0 Å². The van der Waals surface area contributed by atoms with E-state index >= 15 is 0 Å². The van der Waals surface area contributed by atoms with E-state index in [9.17, 15) is 24.3 Å². The SMILES string of the molecule is [NH3+]c1ccc(C(=O)NCC(CCCCNC(=O)CCCCC2SC[C@@H]3NC(=O)N[C@H]23)C(=O)O)cc1. The zero-order valence-corrected chi connectivity index (χ0v) is 20.7. The normalized spacial score (nSPS) is 21.5. The molecule has 1 aromatic rings. The standard InChI is InChI=1S/C24H35N5O5S/c25-17-10-8-15(9-11-17)22(31)27-13-16(23(32)33)5-3-4-12-26-20(30)7-2-1-6-19-21-18(14-35-19)28-24(34)29-21/h8-11,16,18-19,21H,1-7,12-14,25H2,(H,26,30)(H,27,31)(H,32,33)(H2,28,29,34)/p+1/t16?,18-,19?,21-/m0/s1. The van der Waals surface area contributed by atoms with Gasteiger partial charge in [0.2, 0.25) is 5.91 Å². The highest BCUT2D eigenvalue weighted by molar-refractivity contribution is 8.00. The fourth-order valence-electron chi connectivity index (χ4n) is 4.39. The smallest absolute Gasteiger partial charge is 0.315 e. The Kier molecular flexibility index (Phi) is 10.2. The zero-order chi connectivity index (χ0) is 25.2. The molecule has 10 nitrogen and oxygen atoms in total. The molecular weight excluding hydrogens is 470 g/mol. The van der Waals surface area contributed by atoms with Gasteiger partial charge in [0.1, 0.15) is 5.69 Å². The molecule has 11 heteroatoms. The summed E-state index contributed by atoms with van der Waals surface area (Å²) in [5.41, 5.74) is 5.05. The van der Waals surface area contributed by atoms with Crippen molar-refractivity contribution in [2.75, 3.05) is 18.8 Å².